The van der Waals surface area contributed by atoms with Crippen LogP contribution in [0.2, 0.25) is 0 Å². The van der Waals surface area contributed by atoms with Crippen LogP contribution in [-0.2, 0) is 0 Å². The number of oxazole rings is 1. The average Bonchev–Trinajstić information content (AvgIpc) is 2.98. The third kappa shape index (κ3) is 2.18. The molecule has 3 nitrogen and oxygen atoms in total. The van der Waals surface area contributed by atoms with Gasteiger partial charge in [0.2, 0.25) is 5.89 Å². The smallest absolute Gasteiger partial charge is 0.227 e. The molecule has 0 aliphatic carbocycles. The molecule has 0 unspecified atom stereocenters. The van der Waals surface area contributed by atoms with Crippen molar-refractivity contribution in [1.82, 2.24) is 4.98 Å². The van der Waals surface area contributed by atoms with Gasteiger partial charge in [-0.3, -0.25) is 4.79 Å². The minimum Gasteiger partial charge on any atom is -0.444 e. The molecule has 0 amide bonds. The van der Waals surface area contributed by atoms with E-state index in [1.807, 2.05) is 48.5 Å². The van der Waals surface area contributed by atoms with Gasteiger partial charge in [-0.25, -0.2) is 4.98 Å². The average molecular weight is 249 g/mol. The number of aromatic nitrogens is 1. The van der Waals surface area contributed by atoms with Crippen LogP contribution in [0.3, 0.4) is 0 Å². The Morgan fingerprint density at radius 3 is 2.47 bits per heavy atom. The van der Waals surface area contributed by atoms with Crippen LogP contribution in [0.25, 0.3) is 22.7 Å². The lowest BCUT2D eigenvalue weighted by molar-refractivity contribution is 0.112. The van der Waals surface area contributed by atoms with Crippen LogP contribution < -0.4 is 0 Å². The molecule has 0 atom stereocenters. The van der Waals surface area contributed by atoms with Gasteiger partial charge in [0.15, 0.2) is 6.29 Å². The Balaban J connectivity index is 2.04. The number of carbonyl (C=O) groups is 1. The lowest BCUT2D eigenvalue weighted by Crippen LogP contribution is -1.87. The molecule has 3 rings (SSSR count). The number of carbonyl (C=O) groups excluding carboxylic acids is 1. The predicted molar refractivity (Wildman–Crippen MR) is 72.8 cm³/mol. The van der Waals surface area contributed by atoms with Gasteiger partial charge in [-0.2, -0.15) is 0 Å². The van der Waals surface area contributed by atoms with Crippen molar-refractivity contribution in [2.45, 2.75) is 0 Å². The lowest BCUT2D eigenvalue weighted by atomic mass is 10.1. The van der Waals surface area contributed by atoms with E-state index in [9.17, 15) is 4.79 Å². The van der Waals surface area contributed by atoms with Crippen LogP contribution >= 0.6 is 0 Å². The van der Waals surface area contributed by atoms with Gasteiger partial charge in [0.25, 0.3) is 0 Å². The number of hydrogen-bond acceptors (Lipinski definition) is 3. The van der Waals surface area contributed by atoms with Crippen molar-refractivity contribution in [3.05, 3.63) is 66.4 Å². The number of aldehydes is 1. The van der Waals surface area contributed by atoms with Gasteiger partial charge in [-0.1, -0.05) is 48.5 Å². The largest absolute Gasteiger partial charge is 0.444 e. The Morgan fingerprint density at radius 2 is 1.68 bits per heavy atom. The summed E-state index contributed by atoms with van der Waals surface area (Å²) in [4.78, 5) is 15.4. The summed E-state index contributed by atoms with van der Waals surface area (Å²) in [6.07, 6.45) is 2.41. The van der Waals surface area contributed by atoms with Crippen molar-refractivity contribution in [3.63, 3.8) is 0 Å². The van der Waals surface area contributed by atoms with E-state index in [0.29, 0.717) is 17.0 Å². The minimum atomic E-state index is 0.460. The first kappa shape index (κ1) is 11.4. The van der Waals surface area contributed by atoms with Crippen LogP contribution in [0.4, 0.5) is 0 Å². The van der Waals surface area contributed by atoms with Crippen molar-refractivity contribution in [1.29, 1.82) is 0 Å². The molecule has 0 spiro atoms. The Hall–Kier alpha value is -2.68. The molecule has 92 valence electrons. The molecule has 0 aliphatic rings. The topological polar surface area (TPSA) is 43.1 Å². The van der Waals surface area contributed by atoms with Crippen LogP contribution in [-0.4, -0.2) is 11.3 Å². The number of rotatable bonds is 3. The molecule has 0 aliphatic heterocycles. The Labute approximate surface area is 110 Å². The second-order valence-electron chi connectivity index (χ2n) is 4.11. The van der Waals surface area contributed by atoms with E-state index in [0.717, 1.165) is 17.5 Å². The standard InChI is InChI=1S/C16H11NO2/c18-10-13-8-4-5-9-14(13)16-17-15(11-19-16)12-6-2-1-3-7-12/h1-11H. The maximum atomic E-state index is 11.0. The number of benzene rings is 2. The maximum Gasteiger partial charge on any atom is 0.227 e. The number of nitrogens with zero attached hydrogens (tertiary/aromatic N) is 1. The first-order chi connectivity index (χ1) is 9.38. The molecular weight excluding hydrogens is 238 g/mol. The summed E-state index contributed by atoms with van der Waals surface area (Å²) in [6, 6.07) is 17.0. The molecule has 0 bridgehead atoms. The SMILES string of the molecule is O=Cc1ccccc1-c1nc(-c2ccccc2)co1. The van der Waals surface area contributed by atoms with Crippen molar-refractivity contribution >= 4 is 6.29 Å². The van der Waals surface area contributed by atoms with E-state index in [-0.39, 0.29) is 0 Å². The zero-order valence-corrected chi connectivity index (χ0v) is 10.1. The van der Waals surface area contributed by atoms with Gasteiger partial charge in [0, 0.05) is 16.7 Å². The first-order valence-corrected chi connectivity index (χ1v) is 5.94. The predicted octanol–water partition coefficient (Wildman–Crippen LogP) is 3.82. The highest BCUT2D eigenvalue weighted by Gasteiger charge is 2.11. The van der Waals surface area contributed by atoms with Crippen LogP contribution in [0, 0.1) is 0 Å². The van der Waals surface area contributed by atoms with Crippen molar-refractivity contribution in [3.8, 4) is 22.7 Å². The van der Waals surface area contributed by atoms with Gasteiger partial charge >= 0.3 is 0 Å². The van der Waals surface area contributed by atoms with Gasteiger partial charge in [0.05, 0.1) is 0 Å². The summed E-state index contributed by atoms with van der Waals surface area (Å²) in [5.74, 6) is 0.460. The Kier molecular flexibility index (Phi) is 2.94. The zero-order valence-electron chi connectivity index (χ0n) is 10.1. The Morgan fingerprint density at radius 1 is 0.947 bits per heavy atom. The van der Waals surface area contributed by atoms with Gasteiger partial charge < -0.3 is 4.42 Å². The van der Waals surface area contributed by atoms with Gasteiger partial charge in [-0.05, 0) is 6.07 Å². The highest BCUT2D eigenvalue weighted by molar-refractivity contribution is 5.85. The summed E-state index contributed by atoms with van der Waals surface area (Å²) in [5, 5.41) is 0. The Bertz CT molecular complexity index is 702. The molecule has 0 saturated carbocycles. The fraction of sp³-hybridized carbons (Fsp3) is 0. The summed E-state index contributed by atoms with van der Waals surface area (Å²) < 4.78 is 5.48. The molecule has 2 aromatic carbocycles. The van der Waals surface area contributed by atoms with Crippen LogP contribution in [0.1, 0.15) is 10.4 Å². The van der Waals surface area contributed by atoms with E-state index >= 15 is 0 Å². The third-order valence-electron chi connectivity index (χ3n) is 2.89. The van der Waals surface area contributed by atoms with E-state index < -0.39 is 0 Å². The highest BCUT2D eigenvalue weighted by Crippen LogP contribution is 2.26. The lowest BCUT2D eigenvalue weighted by Gasteiger charge is -1.98. The molecule has 19 heavy (non-hydrogen) atoms. The van der Waals surface area contributed by atoms with Gasteiger partial charge in [0.1, 0.15) is 12.0 Å². The minimum absolute atomic E-state index is 0.460. The van der Waals surface area contributed by atoms with Crippen molar-refractivity contribution < 1.29 is 9.21 Å². The summed E-state index contributed by atoms with van der Waals surface area (Å²) in [6.45, 7) is 0. The fourth-order valence-electron chi connectivity index (χ4n) is 1.93. The molecular formula is C16H11NO2. The summed E-state index contributed by atoms with van der Waals surface area (Å²) in [5.41, 5.74) is 3.03. The monoisotopic (exact) mass is 249 g/mol. The second-order valence-corrected chi connectivity index (χ2v) is 4.11. The molecule has 0 saturated heterocycles. The van der Waals surface area contributed by atoms with E-state index in [1.165, 1.54) is 0 Å². The van der Waals surface area contributed by atoms with E-state index in [2.05, 4.69) is 4.98 Å². The molecule has 0 N–H and O–H groups in total. The molecule has 1 aromatic heterocycles. The highest BCUT2D eigenvalue weighted by atomic mass is 16.3. The zero-order chi connectivity index (χ0) is 13.1. The molecule has 0 radical (unpaired) electrons. The normalized spacial score (nSPS) is 10.3. The van der Waals surface area contributed by atoms with Crippen LogP contribution in [0.15, 0.2) is 65.3 Å². The maximum absolute atomic E-state index is 11.0. The summed E-state index contributed by atoms with van der Waals surface area (Å²) >= 11 is 0. The van der Waals surface area contributed by atoms with Crippen LogP contribution in [0.5, 0.6) is 0 Å². The number of hydrogen-bond donors (Lipinski definition) is 0. The van der Waals surface area contributed by atoms with Crippen molar-refractivity contribution in [2.75, 3.05) is 0 Å². The molecule has 3 aromatic rings. The van der Waals surface area contributed by atoms with Gasteiger partial charge in [-0.15, -0.1) is 0 Å². The fourth-order valence-corrected chi connectivity index (χ4v) is 1.93. The van der Waals surface area contributed by atoms with E-state index in [1.54, 1.807) is 12.3 Å². The van der Waals surface area contributed by atoms with Crippen molar-refractivity contribution in [2.24, 2.45) is 0 Å². The molecule has 3 heteroatoms. The quantitative estimate of drug-likeness (QED) is 0.663. The third-order valence-corrected chi connectivity index (χ3v) is 2.89. The molecule has 1 heterocycles. The molecule has 0 fully saturated rings. The second kappa shape index (κ2) is 4.90. The first-order valence-electron chi connectivity index (χ1n) is 5.94. The summed E-state index contributed by atoms with van der Waals surface area (Å²) in [7, 11) is 0. The van der Waals surface area contributed by atoms with E-state index in [4.69, 9.17) is 4.42 Å².